The van der Waals surface area contributed by atoms with Crippen molar-refractivity contribution < 1.29 is 0 Å². The summed E-state index contributed by atoms with van der Waals surface area (Å²) in [7, 11) is 3.82. The molecule has 20 heavy (non-hydrogen) atoms. The van der Waals surface area contributed by atoms with Crippen LogP contribution >= 0.6 is 39.1 Å². The van der Waals surface area contributed by atoms with Gasteiger partial charge in [0.25, 0.3) is 0 Å². The fourth-order valence-corrected chi connectivity index (χ4v) is 3.11. The first-order valence-electron chi connectivity index (χ1n) is 6.24. The minimum atomic E-state index is 0.0762. The molecule has 0 radical (unpaired) electrons. The fourth-order valence-electron chi connectivity index (χ4n) is 2.24. The standard InChI is InChI=1S/C14H16BrCl2N3/c1-8-14(17)13(20(3)19-8)7-12(18-2)10-6-9(15)4-5-11(10)16/h4-6,12,18H,7H2,1-3H3. The summed E-state index contributed by atoms with van der Waals surface area (Å²) in [6, 6.07) is 5.93. The van der Waals surface area contributed by atoms with Crippen LogP contribution in [0.5, 0.6) is 0 Å². The zero-order chi connectivity index (χ0) is 14.9. The molecule has 0 amide bonds. The number of benzene rings is 1. The molecule has 1 N–H and O–H groups in total. The Bertz CT molecular complexity index is 625. The van der Waals surface area contributed by atoms with Gasteiger partial charge in [0.2, 0.25) is 0 Å². The molecule has 0 spiro atoms. The molecule has 0 aliphatic carbocycles. The van der Waals surface area contributed by atoms with Crippen molar-refractivity contribution in [3.63, 3.8) is 0 Å². The molecular formula is C14H16BrCl2N3. The van der Waals surface area contributed by atoms with Crippen LogP contribution in [0.15, 0.2) is 22.7 Å². The number of hydrogen-bond donors (Lipinski definition) is 1. The zero-order valence-corrected chi connectivity index (χ0v) is 14.6. The predicted octanol–water partition coefficient (Wildman–Crippen LogP) is 4.30. The van der Waals surface area contributed by atoms with Crippen LogP contribution in [-0.4, -0.2) is 16.8 Å². The molecule has 0 saturated carbocycles. The highest BCUT2D eigenvalue weighted by Crippen LogP contribution is 2.30. The largest absolute Gasteiger partial charge is 0.313 e. The molecule has 0 fully saturated rings. The van der Waals surface area contributed by atoms with Gasteiger partial charge in [0.1, 0.15) is 0 Å². The minimum absolute atomic E-state index is 0.0762. The van der Waals surface area contributed by atoms with Crippen LogP contribution in [0.2, 0.25) is 10.0 Å². The van der Waals surface area contributed by atoms with E-state index in [2.05, 4.69) is 26.3 Å². The number of likely N-dealkylation sites (N-methyl/N-ethyl adjacent to an activating group) is 1. The molecule has 2 aromatic rings. The lowest BCUT2D eigenvalue weighted by atomic mass is 10.0. The maximum absolute atomic E-state index is 6.32. The highest BCUT2D eigenvalue weighted by molar-refractivity contribution is 9.10. The lowest BCUT2D eigenvalue weighted by Gasteiger charge is -2.19. The van der Waals surface area contributed by atoms with Gasteiger partial charge in [0.15, 0.2) is 0 Å². The lowest BCUT2D eigenvalue weighted by molar-refractivity contribution is 0.561. The Hall–Kier alpha value is -0.550. The molecule has 108 valence electrons. The Morgan fingerprint density at radius 1 is 1.40 bits per heavy atom. The van der Waals surface area contributed by atoms with Crippen LogP contribution in [0.25, 0.3) is 0 Å². The van der Waals surface area contributed by atoms with E-state index in [4.69, 9.17) is 23.2 Å². The van der Waals surface area contributed by atoms with Gasteiger partial charge in [0, 0.05) is 29.0 Å². The van der Waals surface area contributed by atoms with Gasteiger partial charge in [-0.05, 0) is 37.7 Å². The first-order chi connectivity index (χ1) is 9.43. The smallest absolute Gasteiger partial charge is 0.0847 e. The SMILES string of the molecule is CNC(Cc1c(Cl)c(C)nn1C)c1cc(Br)ccc1Cl. The van der Waals surface area contributed by atoms with Gasteiger partial charge in [-0.25, -0.2) is 0 Å². The third-order valence-electron chi connectivity index (χ3n) is 3.34. The molecule has 1 unspecified atom stereocenters. The summed E-state index contributed by atoms with van der Waals surface area (Å²) in [5.41, 5.74) is 2.89. The summed E-state index contributed by atoms with van der Waals surface area (Å²) in [5, 5.41) is 9.10. The predicted molar refractivity (Wildman–Crippen MR) is 87.6 cm³/mol. The van der Waals surface area contributed by atoms with E-state index in [1.54, 1.807) is 0 Å². The summed E-state index contributed by atoms with van der Waals surface area (Å²) < 4.78 is 2.83. The zero-order valence-electron chi connectivity index (χ0n) is 11.5. The van der Waals surface area contributed by atoms with E-state index in [1.165, 1.54) is 0 Å². The third-order valence-corrected chi connectivity index (χ3v) is 4.67. The van der Waals surface area contributed by atoms with Crippen LogP contribution in [0.3, 0.4) is 0 Å². The summed E-state index contributed by atoms with van der Waals surface area (Å²) in [6.45, 7) is 1.91. The number of aryl methyl sites for hydroxylation is 2. The second-order valence-electron chi connectivity index (χ2n) is 4.68. The highest BCUT2D eigenvalue weighted by Gasteiger charge is 2.19. The fraction of sp³-hybridized carbons (Fsp3) is 0.357. The number of aromatic nitrogens is 2. The van der Waals surface area contributed by atoms with Crippen LogP contribution < -0.4 is 5.32 Å². The van der Waals surface area contributed by atoms with Crippen molar-refractivity contribution in [3.8, 4) is 0 Å². The maximum Gasteiger partial charge on any atom is 0.0847 e. The molecule has 3 nitrogen and oxygen atoms in total. The normalized spacial score (nSPS) is 12.7. The Morgan fingerprint density at radius 2 is 2.10 bits per heavy atom. The number of halogens is 3. The van der Waals surface area contributed by atoms with E-state index in [-0.39, 0.29) is 6.04 Å². The Labute approximate surface area is 137 Å². The molecule has 1 atom stereocenters. The number of rotatable bonds is 4. The number of nitrogens with one attached hydrogen (secondary N) is 1. The molecule has 1 heterocycles. The molecular weight excluding hydrogens is 361 g/mol. The summed E-state index contributed by atoms with van der Waals surface area (Å²) in [6.07, 6.45) is 0.725. The molecule has 2 rings (SSSR count). The topological polar surface area (TPSA) is 29.9 Å². The van der Waals surface area contributed by atoms with Gasteiger partial charge in [-0.1, -0.05) is 39.1 Å². The van der Waals surface area contributed by atoms with E-state index >= 15 is 0 Å². The average Bonchev–Trinajstić information content (AvgIpc) is 2.65. The Morgan fingerprint density at radius 3 is 2.65 bits per heavy atom. The van der Waals surface area contributed by atoms with Crippen LogP contribution in [0, 0.1) is 6.92 Å². The average molecular weight is 377 g/mol. The Balaban J connectivity index is 2.36. The van der Waals surface area contributed by atoms with Crippen molar-refractivity contribution in [2.45, 2.75) is 19.4 Å². The van der Waals surface area contributed by atoms with Gasteiger partial charge in [-0.15, -0.1) is 0 Å². The summed E-state index contributed by atoms with van der Waals surface area (Å²) >= 11 is 16.1. The lowest BCUT2D eigenvalue weighted by Crippen LogP contribution is -2.20. The summed E-state index contributed by atoms with van der Waals surface area (Å²) in [5.74, 6) is 0. The van der Waals surface area contributed by atoms with Crippen molar-refractivity contribution in [3.05, 3.63) is 49.7 Å². The third kappa shape index (κ3) is 3.19. The van der Waals surface area contributed by atoms with Gasteiger partial charge in [-0.3, -0.25) is 4.68 Å². The second kappa shape index (κ2) is 6.48. The van der Waals surface area contributed by atoms with E-state index in [0.717, 1.165) is 37.9 Å². The van der Waals surface area contributed by atoms with Crippen molar-refractivity contribution in [2.24, 2.45) is 7.05 Å². The quantitative estimate of drug-likeness (QED) is 0.861. The van der Waals surface area contributed by atoms with Crippen molar-refractivity contribution in [2.75, 3.05) is 7.05 Å². The second-order valence-corrected chi connectivity index (χ2v) is 6.38. The number of hydrogen-bond acceptors (Lipinski definition) is 2. The van der Waals surface area contributed by atoms with Gasteiger partial charge >= 0.3 is 0 Å². The first kappa shape index (κ1) is 15.8. The number of nitrogens with zero attached hydrogens (tertiary/aromatic N) is 2. The van der Waals surface area contributed by atoms with Crippen molar-refractivity contribution >= 4 is 39.1 Å². The molecule has 0 saturated heterocycles. The van der Waals surface area contributed by atoms with Crippen molar-refractivity contribution in [1.82, 2.24) is 15.1 Å². The van der Waals surface area contributed by atoms with E-state index in [0.29, 0.717) is 0 Å². The van der Waals surface area contributed by atoms with E-state index in [1.807, 2.05) is 43.9 Å². The van der Waals surface area contributed by atoms with Crippen molar-refractivity contribution in [1.29, 1.82) is 0 Å². The molecule has 6 heteroatoms. The molecule has 0 bridgehead atoms. The minimum Gasteiger partial charge on any atom is -0.313 e. The van der Waals surface area contributed by atoms with Crippen LogP contribution in [-0.2, 0) is 13.5 Å². The van der Waals surface area contributed by atoms with Gasteiger partial charge < -0.3 is 5.32 Å². The van der Waals surface area contributed by atoms with Crippen LogP contribution in [0.1, 0.15) is 23.0 Å². The van der Waals surface area contributed by atoms with Gasteiger partial charge in [-0.2, -0.15) is 5.10 Å². The van der Waals surface area contributed by atoms with E-state index in [9.17, 15) is 0 Å². The summed E-state index contributed by atoms with van der Waals surface area (Å²) in [4.78, 5) is 0. The monoisotopic (exact) mass is 375 g/mol. The van der Waals surface area contributed by atoms with Crippen LogP contribution in [0.4, 0.5) is 0 Å². The van der Waals surface area contributed by atoms with Gasteiger partial charge in [0.05, 0.1) is 16.4 Å². The maximum atomic E-state index is 6.32. The molecule has 0 aliphatic rings. The molecule has 1 aromatic heterocycles. The van der Waals surface area contributed by atoms with E-state index < -0.39 is 0 Å². The Kier molecular flexibility index (Phi) is 5.13. The first-order valence-corrected chi connectivity index (χ1v) is 7.79. The highest BCUT2D eigenvalue weighted by atomic mass is 79.9. The molecule has 1 aromatic carbocycles. The molecule has 0 aliphatic heterocycles.